The van der Waals surface area contributed by atoms with E-state index < -0.39 is 14.4 Å². The van der Waals surface area contributed by atoms with Crippen LogP contribution < -0.4 is 9.33 Å². The number of hydrogen-bond acceptors (Lipinski definition) is 5. The Morgan fingerprint density at radius 2 is 1.82 bits per heavy atom. The zero-order valence-corrected chi connectivity index (χ0v) is 21.5. The third-order valence-corrected chi connectivity index (χ3v) is 11.6. The lowest BCUT2D eigenvalue weighted by molar-refractivity contribution is 0.198. The third kappa shape index (κ3) is 4.66. The van der Waals surface area contributed by atoms with Gasteiger partial charge >= 0.3 is 6.09 Å². The Morgan fingerprint density at radius 1 is 1.18 bits per heavy atom. The standard InChI is InChI=1S/C25H33FN4O3Si/c1-25(2,3)34(4,5)33-20-6-7-21-18(12-20)13-22(30(21)24(31)32)19-15-27-23(28-16-19)29-10-8-17(14-26)9-11-29/h6-7,12-13,15-17H,8-11,14H2,1-5H3,(H,31,32). The maximum absolute atomic E-state index is 12.9. The van der Waals surface area contributed by atoms with Crippen LogP contribution in [0.1, 0.15) is 33.6 Å². The maximum atomic E-state index is 12.9. The van der Waals surface area contributed by atoms with Crippen molar-refractivity contribution in [2.45, 2.75) is 51.7 Å². The van der Waals surface area contributed by atoms with Crippen molar-refractivity contribution in [1.82, 2.24) is 14.5 Å². The van der Waals surface area contributed by atoms with E-state index >= 15 is 0 Å². The fourth-order valence-electron chi connectivity index (χ4n) is 4.03. The molecule has 0 spiro atoms. The van der Waals surface area contributed by atoms with Gasteiger partial charge in [0, 0.05) is 36.4 Å². The number of carbonyl (C=O) groups is 1. The van der Waals surface area contributed by atoms with E-state index in [4.69, 9.17) is 4.43 Å². The molecule has 2 aromatic heterocycles. The summed E-state index contributed by atoms with van der Waals surface area (Å²) in [5.41, 5.74) is 1.71. The predicted molar refractivity (Wildman–Crippen MR) is 135 cm³/mol. The topological polar surface area (TPSA) is 80.5 Å². The highest BCUT2D eigenvalue weighted by atomic mass is 28.4. The number of fused-ring (bicyclic) bond motifs is 1. The summed E-state index contributed by atoms with van der Waals surface area (Å²) in [7, 11) is -2.02. The zero-order chi connectivity index (χ0) is 24.7. The van der Waals surface area contributed by atoms with Crippen LogP contribution >= 0.6 is 0 Å². The first-order valence-corrected chi connectivity index (χ1v) is 14.6. The smallest absolute Gasteiger partial charge is 0.416 e. The molecule has 3 heterocycles. The Labute approximate surface area is 200 Å². The van der Waals surface area contributed by atoms with Crippen LogP contribution in [0.15, 0.2) is 36.7 Å². The van der Waals surface area contributed by atoms with Gasteiger partial charge in [-0.2, -0.15) is 0 Å². The first-order chi connectivity index (χ1) is 16.0. The fourth-order valence-corrected chi connectivity index (χ4v) is 5.05. The molecule has 1 fully saturated rings. The second-order valence-corrected chi connectivity index (χ2v) is 15.3. The number of aromatic nitrogens is 3. The first-order valence-electron chi connectivity index (χ1n) is 11.7. The van der Waals surface area contributed by atoms with Gasteiger partial charge in [-0.1, -0.05) is 20.8 Å². The number of anilines is 1. The normalized spacial score (nSPS) is 15.6. The third-order valence-electron chi connectivity index (χ3n) is 7.19. The van der Waals surface area contributed by atoms with Crippen molar-refractivity contribution in [3.63, 3.8) is 0 Å². The van der Waals surface area contributed by atoms with E-state index in [9.17, 15) is 14.3 Å². The molecule has 3 aromatic rings. The minimum Gasteiger partial charge on any atom is -0.543 e. The molecule has 1 N–H and O–H groups in total. The lowest BCUT2D eigenvalue weighted by Crippen LogP contribution is -2.43. The molecule has 9 heteroatoms. The molecule has 34 heavy (non-hydrogen) atoms. The average Bonchev–Trinajstić information content (AvgIpc) is 3.17. The molecule has 1 saturated heterocycles. The van der Waals surface area contributed by atoms with E-state index in [-0.39, 0.29) is 17.6 Å². The highest BCUT2D eigenvalue weighted by Gasteiger charge is 2.39. The summed E-state index contributed by atoms with van der Waals surface area (Å²) in [5.74, 6) is 1.45. The van der Waals surface area contributed by atoms with Crippen LogP contribution in [0.3, 0.4) is 0 Å². The average molecular weight is 485 g/mol. The minimum atomic E-state index is -2.02. The fraction of sp³-hybridized carbons (Fsp3) is 0.480. The summed E-state index contributed by atoms with van der Waals surface area (Å²) in [6.07, 6.45) is 3.82. The van der Waals surface area contributed by atoms with E-state index in [0.29, 0.717) is 22.7 Å². The molecule has 0 amide bonds. The van der Waals surface area contributed by atoms with Gasteiger partial charge in [-0.15, -0.1) is 0 Å². The molecule has 0 aliphatic carbocycles. The van der Waals surface area contributed by atoms with Gasteiger partial charge < -0.3 is 14.4 Å². The lowest BCUT2D eigenvalue weighted by atomic mass is 9.99. The highest BCUT2D eigenvalue weighted by Crippen LogP contribution is 2.38. The summed E-state index contributed by atoms with van der Waals surface area (Å²) in [6, 6.07) is 7.38. The Kier molecular flexibility index (Phi) is 6.41. The summed E-state index contributed by atoms with van der Waals surface area (Å²) >= 11 is 0. The monoisotopic (exact) mass is 484 g/mol. The molecule has 0 radical (unpaired) electrons. The molecule has 1 aliphatic heterocycles. The number of halogens is 1. The van der Waals surface area contributed by atoms with Crippen molar-refractivity contribution in [3.05, 3.63) is 36.7 Å². The van der Waals surface area contributed by atoms with Crippen molar-refractivity contribution in [1.29, 1.82) is 0 Å². The van der Waals surface area contributed by atoms with Gasteiger partial charge in [0.05, 0.1) is 17.9 Å². The molecule has 1 aliphatic rings. The Bertz CT molecular complexity index is 1180. The minimum absolute atomic E-state index is 0.0559. The van der Waals surface area contributed by atoms with Crippen LogP contribution in [0.5, 0.6) is 5.75 Å². The van der Waals surface area contributed by atoms with Gasteiger partial charge in [-0.3, -0.25) is 4.39 Å². The number of alkyl halides is 1. The summed E-state index contributed by atoms with van der Waals surface area (Å²) in [4.78, 5) is 23.2. The van der Waals surface area contributed by atoms with Crippen molar-refractivity contribution in [3.8, 4) is 17.0 Å². The Hall–Kier alpha value is -2.94. The van der Waals surface area contributed by atoms with E-state index in [0.717, 1.165) is 37.1 Å². The van der Waals surface area contributed by atoms with Crippen molar-refractivity contribution >= 4 is 31.3 Å². The number of nitrogens with zero attached hydrogens (tertiary/aromatic N) is 4. The van der Waals surface area contributed by atoms with Gasteiger partial charge in [-0.05, 0) is 61.2 Å². The molecule has 7 nitrogen and oxygen atoms in total. The summed E-state index contributed by atoms with van der Waals surface area (Å²) in [5, 5.41) is 10.8. The van der Waals surface area contributed by atoms with Gasteiger partial charge in [-0.25, -0.2) is 19.3 Å². The second kappa shape index (κ2) is 9.01. The van der Waals surface area contributed by atoms with E-state index in [1.54, 1.807) is 18.5 Å². The van der Waals surface area contributed by atoms with E-state index in [1.165, 1.54) is 4.57 Å². The lowest BCUT2D eigenvalue weighted by Gasteiger charge is -2.36. The number of benzene rings is 1. The van der Waals surface area contributed by atoms with Crippen molar-refractivity contribution < 1.29 is 18.7 Å². The molecule has 0 atom stereocenters. The SMILES string of the molecule is CC(C)(C)[Si](C)(C)Oc1ccc2c(c1)cc(-c1cnc(N3CCC(CF)CC3)nc1)n2C(=O)O. The highest BCUT2D eigenvalue weighted by molar-refractivity contribution is 6.74. The number of rotatable bonds is 5. The predicted octanol–water partition coefficient (Wildman–Crippen LogP) is 6.19. The molecular weight excluding hydrogens is 451 g/mol. The van der Waals surface area contributed by atoms with Crippen LogP contribution in [0.4, 0.5) is 15.1 Å². The van der Waals surface area contributed by atoms with Gasteiger partial charge in [0.1, 0.15) is 5.75 Å². The number of piperidine rings is 1. The Morgan fingerprint density at radius 3 is 2.38 bits per heavy atom. The van der Waals surface area contributed by atoms with Crippen molar-refractivity contribution in [2.75, 3.05) is 24.7 Å². The van der Waals surface area contributed by atoms with Crippen LogP contribution in [0.2, 0.25) is 18.1 Å². The molecule has 182 valence electrons. The van der Waals surface area contributed by atoms with Crippen molar-refractivity contribution in [2.24, 2.45) is 5.92 Å². The Balaban J connectivity index is 1.64. The molecule has 1 aromatic carbocycles. The van der Waals surface area contributed by atoms with Gasteiger partial charge in [0.15, 0.2) is 0 Å². The molecule has 0 unspecified atom stereocenters. The second-order valence-electron chi connectivity index (χ2n) is 10.6. The van der Waals surface area contributed by atoms with Crippen LogP contribution in [0.25, 0.3) is 22.2 Å². The number of carboxylic acid groups (broad SMARTS) is 1. The van der Waals surface area contributed by atoms with E-state index in [1.807, 2.05) is 23.1 Å². The van der Waals surface area contributed by atoms with Crippen LogP contribution in [-0.4, -0.2) is 53.8 Å². The van der Waals surface area contributed by atoms with E-state index in [2.05, 4.69) is 43.8 Å². The summed E-state index contributed by atoms with van der Waals surface area (Å²) in [6.45, 7) is 12.1. The molecule has 0 bridgehead atoms. The van der Waals surface area contributed by atoms with Crippen LogP contribution in [0, 0.1) is 5.92 Å². The van der Waals surface area contributed by atoms with Gasteiger partial charge in [0.25, 0.3) is 0 Å². The quantitative estimate of drug-likeness (QED) is 0.435. The van der Waals surface area contributed by atoms with Gasteiger partial charge in [0.2, 0.25) is 14.3 Å². The van der Waals surface area contributed by atoms with Crippen LogP contribution in [-0.2, 0) is 0 Å². The largest absolute Gasteiger partial charge is 0.543 e. The summed E-state index contributed by atoms with van der Waals surface area (Å²) < 4.78 is 20.6. The zero-order valence-electron chi connectivity index (χ0n) is 20.5. The first kappa shape index (κ1) is 24.2. The maximum Gasteiger partial charge on any atom is 0.416 e. The molecule has 0 saturated carbocycles. The molecule has 4 rings (SSSR count). The molecular formula is C25H33FN4O3Si. The number of hydrogen-bond donors (Lipinski definition) is 1.